The zero-order valence-electron chi connectivity index (χ0n) is 14.5. The molecule has 0 aliphatic rings. The highest BCUT2D eigenvalue weighted by molar-refractivity contribution is 6.31. The predicted molar refractivity (Wildman–Crippen MR) is 103 cm³/mol. The van der Waals surface area contributed by atoms with Crippen molar-refractivity contribution in [3.05, 3.63) is 75.3 Å². The molecule has 0 aliphatic carbocycles. The van der Waals surface area contributed by atoms with Gasteiger partial charge in [-0.3, -0.25) is 9.36 Å². The van der Waals surface area contributed by atoms with Crippen LogP contribution in [-0.4, -0.2) is 16.1 Å². The van der Waals surface area contributed by atoms with Gasteiger partial charge in [0, 0.05) is 5.02 Å². The monoisotopic (exact) mass is 355 g/mol. The van der Waals surface area contributed by atoms with Crippen molar-refractivity contribution in [2.75, 3.05) is 6.54 Å². The lowest BCUT2D eigenvalue weighted by Gasteiger charge is -2.19. The van der Waals surface area contributed by atoms with E-state index >= 15 is 0 Å². The molecule has 1 heterocycles. The van der Waals surface area contributed by atoms with Gasteiger partial charge < -0.3 is 5.32 Å². The van der Waals surface area contributed by atoms with E-state index in [9.17, 15) is 4.79 Å². The van der Waals surface area contributed by atoms with Gasteiger partial charge in [-0.2, -0.15) is 0 Å². The molecule has 0 saturated carbocycles. The fourth-order valence-electron chi connectivity index (χ4n) is 2.91. The standard InChI is InChI=1S/C20H22ClN3O/c1-3-11-22-14(2)19-23-18-12-16(21)9-10-17(18)20(25)24(19)13-15-7-5-4-6-8-15/h4-10,12,14,22H,3,11,13H2,1-2H3. The third-order valence-corrected chi connectivity index (χ3v) is 4.45. The summed E-state index contributed by atoms with van der Waals surface area (Å²) in [5.41, 5.74) is 1.68. The fourth-order valence-corrected chi connectivity index (χ4v) is 3.08. The summed E-state index contributed by atoms with van der Waals surface area (Å²) in [5.74, 6) is 0.733. The minimum Gasteiger partial charge on any atom is -0.308 e. The van der Waals surface area contributed by atoms with E-state index in [-0.39, 0.29) is 11.6 Å². The minimum absolute atomic E-state index is 0.0280. The number of hydrogen-bond acceptors (Lipinski definition) is 3. The van der Waals surface area contributed by atoms with E-state index in [0.29, 0.717) is 22.5 Å². The van der Waals surface area contributed by atoms with Crippen molar-refractivity contribution in [1.82, 2.24) is 14.9 Å². The first-order valence-electron chi connectivity index (χ1n) is 8.57. The maximum absolute atomic E-state index is 13.1. The first-order valence-corrected chi connectivity index (χ1v) is 8.95. The van der Waals surface area contributed by atoms with Crippen LogP contribution >= 0.6 is 11.6 Å². The number of hydrogen-bond donors (Lipinski definition) is 1. The molecule has 1 aromatic heterocycles. The van der Waals surface area contributed by atoms with Gasteiger partial charge in [0.15, 0.2) is 0 Å². The van der Waals surface area contributed by atoms with Gasteiger partial charge in [0.05, 0.1) is 23.5 Å². The molecule has 0 spiro atoms. The molecule has 0 aliphatic heterocycles. The quantitative estimate of drug-likeness (QED) is 0.722. The maximum atomic E-state index is 13.1. The number of nitrogens with one attached hydrogen (secondary N) is 1. The first kappa shape index (κ1) is 17.6. The summed E-state index contributed by atoms with van der Waals surface area (Å²) in [7, 11) is 0. The molecule has 1 N–H and O–H groups in total. The van der Waals surface area contributed by atoms with Gasteiger partial charge in [-0.25, -0.2) is 4.98 Å². The second kappa shape index (κ2) is 7.81. The Hall–Kier alpha value is -2.17. The van der Waals surface area contributed by atoms with Crippen LogP contribution in [0.5, 0.6) is 0 Å². The molecule has 3 aromatic rings. The molecule has 0 saturated heterocycles. The van der Waals surface area contributed by atoms with E-state index in [1.165, 1.54) is 0 Å². The summed E-state index contributed by atoms with van der Waals surface area (Å²) in [5, 5.41) is 4.60. The Labute approximate surface area is 152 Å². The van der Waals surface area contributed by atoms with Crippen molar-refractivity contribution < 1.29 is 0 Å². The van der Waals surface area contributed by atoms with Gasteiger partial charge in [-0.05, 0) is 43.7 Å². The van der Waals surface area contributed by atoms with Gasteiger partial charge >= 0.3 is 0 Å². The maximum Gasteiger partial charge on any atom is 0.261 e. The van der Waals surface area contributed by atoms with Gasteiger partial charge in [0.1, 0.15) is 5.82 Å². The van der Waals surface area contributed by atoms with Crippen molar-refractivity contribution in [3.63, 3.8) is 0 Å². The lowest BCUT2D eigenvalue weighted by atomic mass is 10.2. The van der Waals surface area contributed by atoms with Crippen LogP contribution in [-0.2, 0) is 6.54 Å². The van der Waals surface area contributed by atoms with E-state index < -0.39 is 0 Å². The summed E-state index contributed by atoms with van der Waals surface area (Å²) < 4.78 is 1.76. The van der Waals surface area contributed by atoms with Crippen LogP contribution in [0.1, 0.15) is 37.7 Å². The van der Waals surface area contributed by atoms with Gasteiger partial charge in [0.2, 0.25) is 0 Å². The average molecular weight is 356 g/mol. The smallest absolute Gasteiger partial charge is 0.261 e. The molecule has 1 atom stereocenters. The topological polar surface area (TPSA) is 46.9 Å². The van der Waals surface area contributed by atoms with Crippen molar-refractivity contribution >= 4 is 22.5 Å². The molecule has 2 aromatic carbocycles. The van der Waals surface area contributed by atoms with E-state index in [1.54, 1.807) is 22.8 Å². The Bertz CT molecular complexity index is 921. The first-order chi connectivity index (χ1) is 12.1. The van der Waals surface area contributed by atoms with Crippen molar-refractivity contribution in [3.8, 4) is 0 Å². The molecular formula is C20H22ClN3O. The summed E-state index contributed by atoms with van der Waals surface area (Å²) in [6, 6.07) is 15.2. The molecule has 0 bridgehead atoms. The molecule has 3 rings (SSSR count). The molecule has 1 unspecified atom stereocenters. The summed E-state index contributed by atoms with van der Waals surface area (Å²) >= 11 is 6.09. The normalized spacial score (nSPS) is 12.4. The van der Waals surface area contributed by atoms with E-state index in [0.717, 1.165) is 24.4 Å². The second-order valence-electron chi connectivity index (χ2n) is 6.18. The molecule has 0 fully saturated rings. The third kappa shape index (κ3) is 3.91. The molecule has 5 heteroatoms. The van der Waals surface area contributed by atoms with Crippen molar-refractivity contribution in [2.45, 2.75) is 32.9 Å². The lowest BCUT2D eigenvalue weighted by Crippen LogP contribution is -2.31. The fraction of sp³-hybridized carbons (Fsp3) is 0.300. The average Bonchev–Trinajstić information content (AvgIpc) is 2.62. The van der Waals surface area contributed by atoms with Crippen LogP contribution in [0.2, 0.25) is 5.02 Å². The SMILES string of the molecule is CCCNC(C)c1nc2cc(Cl)ccc2c(=O)n1Cc1ccccc1. The summed E-state index contributed by atoms with van der Waals surface area (Å²) in [4.78, 5) is 17.9. The van der Waals surface area contributed by atoms with Crippen LogP contribution < -0.4 is 10.9 Å². The molecule has 0 amide bonds. The lowest BCUT2D eigenvalue weighted by molar-refractivity contribution is 0.509. The highest BCUT2D eigenvalue weighted by Gasteiger charge is 2.16. The summed E-state index contributed by atoms with van der Waals surface area (Å²) in [6.45, 7) is 5.52. The van der Waals surface area contributed by atoms with Crippen LogP contribution in [0.25, 0.3) is 10.9 Å². The second-order valence-corrected chi connectivity index (χ2v) is 6.62. The zero-order valence-corrected chi connectivity index (χ0v) is 15.3. The van der Waals surface area contributed by atoms with Crippen LogP contribution in [0.4, 0.5) is 0 Å². The van der Waals surface area contributed by atoms with Crippen molar-refractivity contribution in [1.29, 1.82) is 0 Å². The van der Waals surface area contributed by atoms with Gasteiger partial charge in [-0.15, -0.1) is 0 Å². The van der Waals surface area contributed by atoms with E-state index in [2.05, 4.69) is 12.2 Å². The van der Waals surface area contributed by atoms with Crippen LogP contribution in [0.3, 0.4) is 0 Å². The number of rotatable bonds is 6. The number of aromatic nitrogens is 2. The third-order valence-electron chi connectivity index (χ3n) is 4.22. The number of halogens is 1. The minimum atomic E-state index is -0.0364. The Balaban J connectivity index is 2.15. The Morgan fingerprint density at radius 2 is 1.96 bits per heavy atom. The molecule has 0 radical (unpaired) electrons. The molecule has 130 valence electrons. The molecular weight excluding hydrogens is 334 g/mol. The summed E-state index contributed by atoms with van der Waals surface area (Å²) in [6.07, 6.45) is 1.02. The van der Waals surface area contributed by atoms with Gasteiger partial charge in [-0.1, -0.05) is 48.9 Å². The van der Waals surface area contributed by atoms with Crippen LogP contribution in [0, 0.1) is 0 Å². The Kier molecular flexibility index (Phi) is 5.51. The van der Waals surface area contributed by atoms with Gasteiger partial charge in [0.25, 0.3) is 5.56 Å². The number of benzene rings is 2. The van der Waals surface area contributed by atoms with Crippen molar-refractivity contribution in [2.24, 2.45) is 0 Å². The van der Waals surface area contributed by atoms with E-state index in [1.807, 2.05) is 37.3 Å². The zero-order chi connectivity index (χ0) is 17.8. The highest BCUT2D eigenvalue weighted by Crippen LogP contribution is 2.19. The number of nitrogens with zero attached hydrogens (tertiary/aromatic N) is 2. The Morgan fingerprint density at radius 3 is 2.68 bits per heavy atom. The predicted octanol–water partition coefficient (Wildman–Crippen LogP) is 4.16. The number of fused-ring (bicyclic) bond motifs is 1. The highest BCUT2D eigenvalue weighted by atomic mass is 35.5. The Morgan fingerprint density at radius 1 is 1.20 bits per heavy atom. The van der Waals surface area contributed by atoms with Crippen LogP contribution in [0.15, 0.2) is 53.3 Å². The largest absolute Gasteiger partial charge is 0.308 e. The van der Waals surface area contributed by atoms with E-state index in [4.69, 9.17) is 16.6 Å². The molecule has 25 heavy (non-hydrogen) atoms. The molecule has 4 nitrogen and oxygen atoms in total.